The fourth-order valence-electron chi connectivity index (χ4n) is 1.23. The molecule has 0 fully saturated rings. The van der Waals surface area contributed by atoms with E-state index in [0.717, 1.165) is 0 Å². The van der Waals surface area contributed by atoms with Crippen molar-refractivity contribution in [2.45, 2.75) is 26.7 Å². The maximum Gasteiger partial charge on any atom is 0.310 e. The van der Waals surface area contributed by atoms with Gasteiger partial charge in [0, 0.05) is 6.54 Å². The maximum absolute atomic E-state index is 12.0. The van der Waals surface area contributed by atoms with E-state index >= 15 is 0 Å². The lowest BCUT2D eigenvalue weighted by atomic mass is 9.87. The first-order valence-electron chi connectivity index (χ1n) is 4.52. The molecule has 0 heterocycles. The van der Waals surface area contributed by atoms with Crippen molar-refractivity contribution in [2.75, 3.05) is 20.1 Å². The number of hydrogen-bond acceptors (Lipinski definition) is 2. The van der Waals surface area contributed by atoms with E-state index in [9.17, 15) is 13.6 Å². The van der Waals surface area contributed by atoms with Crippen molar-refractivity contribution >= 4 is 5.97 Å². The van der Waals surface area contributed by atoms with Gasteiger partial charge in [-0.1, -0.05) is 6.92 Å². The lowest BCUT2D eigenvalue weighted by molar-refractivity contribution is -0.149. The Morgan fingerprint density at radius 3 is 2.36 bits per heavy atom. The molecular weight excluding hydrogens is 192 g/mol. The molecule has 1 N–H and O–H groups in total. The summed E-state index contributed by atoms with van der Waals surface area (Å²) < 4.78 is 24.0. The van der Waals surface area contributed by atoms with Crippen LogP contribution in [0.15, 0.2) is 0 Å². The van der Waals surface area contributed by atoms with Crippen LogP contribution >= 0.6 is 0 Å². The number of halogens is 2. The number of aliphatic carboxylic acids is 1. The summed E-state index contributed by atoms with van der Waals surface area (Å²) in [4.78, 5) is 12.2. The second-order valence-electron chi connectivity index (χ2n) is 3.81. The average Bonchev–Trinajstić information content (AvgIpc) is 2.01. The van der Waals surface area contributed by atoms with Crippen LogP contribution in [-0.4, -0.2) is 42.5 Å². The Hall–Kier alpha value is -0.710. The fourth-order valence-corrected chi connectivity index (χ4v) is 1.23. The van der Waals surface area contributed by atoms with Crippen molar-refractivity contribution in [1.82, 2.24) is 4.90 Å². The molecule has 1 atom stereocenters. The van der Waals surface area contributed by atoms with Crippen LogP contribution in [0.2, 0.25) is 0 Å². The summed E-state index contributed by atoms with van der Waals surface area (Å²) in [6.45, 7) is 3.06. The lowest BCUT2D eigenvalue weighted by Crippen LogP contribution is -2.40. The van der Waals surface area contributed by atoms with Crippen molar-refractivity contribution in [2.24, 2.45) is 5.41 Å². The Morgan fingerprint density at radius 2 is 2.07 bits per heavy atom. The molecule has 0 amide bonds. The summed E-state index contributed by atoms with van der Waals surface area (Å²) in [5, 5.41) is 8.90. The molecule has 0 aromatic carbocycles. The number of carboxylic acids is 1. The van der Waals surface area contributed by atoms with E-state index < -0.39 is 17.8 Å². The van der Waals surface area contributed by atoms with Gasteiger partial charge in [-0.25, -0.2) is 8.78 Å². The molecule has 0 aliphatic rings. The van der Waals surface area contributed by atoms with Crippen LogP contribution in [0, 0.1) is 5.41 Å². The van der Waals surface area contributed by atoms with Gasteiger partial charge in [0.1, 0.15) is 0 Å². The van der Waals surface area contributed by atoms with Crippen molar-refractivity contribution in [3.63, 3.8) is 0 Å². The van der Waals surface area contributed by atoms with Crippen molar-refractivity contribution in [3.8, 4) is 0 Å². The third kappa shape index (κ3) is 4.00. The Labute approximate surface area is 82.7 Å². The monoisotopic (exact) mass is 209 g/mol. The summed E-state index contributed by atoms with van der Waals surface area (Å²) in [5.74, 6) is -0.943. The number of nitrogens with zero attached hydrogens (tertiary/aromatic N) is 1. The average molecular weight is 209 g/mol. The molecule has 0 spiro atoms. The van der Waals surface area contributed by atoms with Crippen LogP contribution in [0.1, 0.15) is 20.3 Å². The minimum Gasteiger partial charge on any atom is -0.481 e. The Bertz CT molecular complexity index is 199. The van der Waals surface area contributed by atoms with E-state index in [0.29, 0.717) is 6.42 Å². The second-order valence-corrected chi connectivity index (χ2v) is 3.81. The highest BCUT2D eigenvalue weighted by Crippen LogP contribution is 2.22. The molecule has 0 aliphatic carbocycles. The molecule has 84 valence electrons. The van der Waals surface area contributed by atoms with Crippen molar-refractivity contribution in [1.29, 1.82) is 0 Å². The van der Waals surface area contributed by atoms with Gasteiger partial charge in [-0.05, 0) is 20.4 Å². The van der Waals surface area contributed by atoms with Crippen LogP contribution < -0.4 is 0 Å². The number of hydrogen-bond donors (Lipinski definition) is 1. The standard InChI is InChI=1S/C9H17F2NO2/c1-4-9(2,8(13)14)6-12(3)5-7(10)11/h7H,4-6H2,1-3H3,(H,13,14). The van der Waals surface area contributed by atoms with Gasteiger partial charge in [0.2, 0.25) is 0 Å². The van der Waals surface area contributed by atoms with E-state index in [1.165, 1.54) is 11.9 Å². The van der Waals surface area contributed by atoms with Gasteiger partial charge in [0.25, 0.3) is 6.43 Å². The zero-order chi connectivity index (χ0) is 11.4. The van der Waals surface area contributed by atoms with Crippen LogP contribution in [-0.2, 0) is 4.79 Å². The van der Waals surface area contributed by atoms with Gasteiger partial charge in [0.15, 0.2) is 0 Å². The van der Waals surface area contributed by atoms with Gasteiger partial charge in [-0.3, -0.25) is 9.69 Å². The highest BCUT2D eigenvalue weighted by atomic mass is 19.3. The number of alkyl halides is 2. The van der Waals surface area contributed by atoms with Gasteiger partial charge in [0.05, 0.1) is 12.0 Å². The smallest absolute Gasteiger partial charge is 0.310 e. The summed E-state index contributed by atoms with van der Waals surface area (Å²) in [6, 6.07) is 0. The van der Waals surface area contributed by atoms with Crippen LogP contribution in [0.4, 0.5) is 8.78 Å². The topological polar surface area (TPSA) is 40.5 Å². The predicted molar refractivity (Wildman–Crippen MR) is 49.5 cm³/mol. The van der Waals surface area contributed by atoms with Gasteiger partial charge >= 0.3 is 5.97 Å². The third-order valence-electron chi connectivity index (χ3n) is 2.37. The summed E-state index contributed by atoms with van der Waals surface area (Å²) in [5.41, 5.74) is -0.941. The Balaban J connectivity index is 4.24. The summed E-state index contributed by atoms with van der Waals surface area (Å²) in [7, 11) is 1.50. The molecule has 0 radical (unpaired) electrons. The minimum absolute atomic E-state index is 0.142. The molecule has 0 bridgehead atoms. The van der Waals surface area contributed by atoms with Crippen LogP contribution in [0.5, 0.6) is 0 Å². The quantitative estimate of drug-likeness (QED) is 0.723. The first-order valence-corrected chi connectivity index (χ1v) is 4.52. The minimum atomic E-state index is -2.42. The first-order chi connectivity index (χ1) is 6.31. The third-order valence-corrected chi connectivity index (χ3v) is 2.37. The first kappa shape index (κ1) is 13.3. The fraction of sp³-hybridized carbons (Fsp3) is 0.889. The molecule has 0 saturated carbocycles. The van der Waals surface area contributed by atoms with Crippen molar-refractivity contribution in [3.05, 3.63) is 0 Å². The molecule has 3 nitrogen and oxygen atoms in total. The highest BCUT2D eigenvalue weighted by Gasteiger charge is 2.32. The van der Waals surface area contributed by atoms with Gasteiger partial charge < -0.3 is 5.11 Å². The number of rotatable bonds is 6. The molecule has 1 unspecified atom stereocenters. The molecule has 0 aliphatic heterocycles. The summed E-state index contributed by atoms with van der Waals surface area (Å²) in [6.07, 6.45) is -1.99. The largest absolute Gasteiger partial charge is 0.481 e. The van der Waals surface area contributed by atoms with E-state index in [4.69, 9.17) is 5.11 Å². The molecule has 0 rings (SSSR count). The zero-order valence-corrected chi connectivity index (χ0v) is 8.76. The van der Waals surface area contributed by atoms with Gasteiger partial charge in [-0.2, -0.15) is 0 Å². The van der Waals surface area contributed by atoms with E-state index in [2.05, 4.69) is 0 Å². The SMILES string of the molecule is CCC(C)(CN(C)CC(F)F)C(=O)O. The Kier molecular flexibility index (Phi) is 4.97. The molecule has 5 heteroatoms. The van der Waals surface area contributed by atoms with Crippen molar-refractivity contribution < 1.29 is 18.7 Å². The molecule has 0 aromatic rings. The maximum atomic E-state index is 12.0. The second kappa shape index (κ2) is 5.24. The van der Waals surface area contributed by atoms with Gasteiger partial charge in [-0.15, -0.1) is 0 Å². The highest BCUT2D eigenvalue weighted by molar-refractivity contribution is 5.74. The van der Waals surface area contributed by atoms with Crippen LogP contribution in [0.25, 0.3) is 0 Å². The molecule has 0 saturated heterocycles. The van der Waals surface area contributed by atoms with Crippen LogP contribution in [0.3, 0.4) is 0 Å². The lowest BCUT2D eigenvalue weighted by Gasteiger charge is -2.28. The zero-order valence-electron chi connectivity index (χ0n) is 8.76. The number of carboxylic acid groups (broad SMARTS) is 1. The van der Waals surface area contributed by atoms with E-state index in [1.807, 2.05) is 0 Å². The predicted octanol–water partition coefficient (Wildman–Crippen LogP) is 1.68. The Morgan fingerprint density at radius 1 is 1.57 bits per heavy atom. The number of carbonyl (C=O) groups is 1. The molecular formula is C9H17F2NO2. The van der Waals surface area contributed by atoms with E-state index in [1.54, 1.807) is 13.8 Å². The molecule has 14 heavy (non-hydrogen) atoms. The normalized spacial score (nSPS) is 15.9. The van der Waals surface area contributed by atoms with E-state index in [-0.39, 0.29) is 13.1 Å². The molecule has 0 aromatic heterocycles. The summed E-state index contributed by atoms with van der Waals surface area (Å²) >= 11 is 0.